The molecule has 0 aromatic carbocycles. The zero-order valence-electron chi connectivity index (χ0n) is 8.86. The van der Waals surface area contributed by atoms with Crippen molar-refractivity contribution in [3.05, 3.63) is 39.2 Å². The van der Waals surface area contributed by atoms with Crippen molar-refractivity contribution in [3.63, 3.8) is 0 Å². The van der Waals surface area contributed by atoms with Crippen LogP contribution in [0.3, 0.4) is 0 Å². The smallest absolute Gasteiger partial charge is 0.227 e. The van der Waals surface area contributed by atoms with Gasteiger partial charge >= 0.3 is 0 Å². The van der Waals surface area contributed by atoms with Crippen LogP contribution in [0, 0.1) is 10.1 Å². The summed E-state index contributed by atoms with van der Waals surface area (Å²) >= 11 is 5.65. The minimum absolute atomic E-state index is 0.204. The molecular formula is C9H10ClN5O2. The molecule has 1 saturated heterocycles. The van der Waals surface area contributed by atoms with Crippen molar-refractivity contribution in [3.8, 4) is 0 Å². The van der Waals surface area contributed by atoms with Crippen LogP contribution >= 0.6 is 11.6 Å². The molecule has 1 unspecified atom stereocenters. The average molecular weight is 256 g/mol. The summed E-state index contributed by atoms with van der Waals surface area (Å²) in [6.07, 6.45) is 0.393. The van der Waals surface area contributed by atoms with Crippen molar-refractivity contribution in [2.75, 3.05) is 13.1 Å². The highest BCUT2D eigenvalue weighted by molar-refractivity contribution is 6.29. The van der Waals surface area contributed by atoms with Gasteiger partial charge in [-0.1, -0.05) is 28.4 Å². The standard InChI is InChI=1S/C9H10ClN5O2/c10-8-2-1-7(5-12-8)6-13-3-4-14(9(13)11)15(16)17/h1-2,5,9H,3-4,6H2. The van der Waals surface area contributed by atoms with Gasteiger partial charge in [0.1, 0.15) is 5.15 Å². The molecule has 0 saturated carbocycles. The van der Waals surface area contributed by atoms with Crippen LogP contribution in [-0.2, 0) is 6.54 Å². The van der Waals surface area contributed by atoms with Gasteiger partial charge < -0.3 is 0 Å². The first-order valence-electron chi connectivity index (χ1n) is 5.01. The summed E-state index contributed by atoms with van der Waals surface area (Å²) in [7, 11) is 0. The number of nitro groups is 1. The maximum absolute atomic E-state index is 10.6. The highest BCUT2D eigenvalue weighted by Gasteiger charge is 2.37. The number of rotatable bonds is 3. The molecule has 2 heterocycles. The minimum atomic E-state index is -1.19. The lowest BCUT2D eigenvalue weighted by Crippen LogP contribution is -2.42. The van der Waals surface area contributed by atoms with Crippen molar-refractivity contribution in [1.29, 1.82) is 0 Å². The quantitative estimate of drug-likeness (QED) is 0.443. The van der Waals surface area contributed by atoms with E-state index in [-0.39, 0.29) is 6.54 Å². The van der Waals surface area contributed by atoms with Gasteiger partial charge in [-0.05, 0) is 11.6 Å². The fourth-order valence-electron chi connectivity index (χ4n) is 1.71. The van der Waals surface area contributed by atoms with E-state index in [1.807, 2.05) is 0 Å². The van der Waals surface area contributed by atoms with E-state index in [4.69, 9.17) is 11.6 Å². The molecule has 1 fully saturated rings. The number of hydrazine groups is 1. The topological polar surface area (TPSA) is 84.8 Å². The Morgan fingerprint density at radius 1 is 1.59 bits per heavy atom. The predicted octanol–water partition coefficient (Wildman–Crippen LogP) is 0.397. The molecule has 2 radical (unpaired) electrons. The van der Waals surface area contributed by atoms with E-state index in [1.165, 1.54) is 0 Å². The first kappa shape index (κ1) is 12.0. The molecule has 0 aliphatic carbocycles. The molecule has 0 N–H and O–H groups in total. The number of hydrogen-bond acceptors (Lipinski definition) is 4. The normalized spacial score (nSPS) is 20.8. The van der Waals surface area contributed by atoms with E-state index in [9.17, 15) is 15.8 Å². The van der Waals surface area contributed by atoms with Gasteiger partial charge in [-0.2, -0.15) is 0 Å². The first-order valence-corrected chi connectivity index (χ1v) is 5.39. The fourth-order valence-corrected chi connectivity index (χ4v) is 1.82. The minimum Gasteiger partial charge on any atom is -0.258 e. The molecular weight excluding hydrogens is 246 g/mol. The van der Waals surface area contributed by atoms with E-state index in [0.29, 0.717) is 18.2 Å². The van der Waals surface area contributed by atoms with Gasteiger partial charge in [-0.15, -0.1) is 0 Å². The third-order valence-corrected chi connectivity index (χ3v) is 2.82. The molecule has 0 spiro atoms. The van der Waals surface area contributed by atoms with E-state index in [0.717, 1.165) is 10.6 Å². The van der Waals surface area contributed by atoms with Gasteiger partial charge in [0.25, 0.3) is 0 Å². The van der Waals surface area contributed by atoms with E-state index < -0.39 is 11.3 Å². The van der Waals surface area contributed by atoms with Gasteiger partial charge in [0.15, 0.2) is 5.03 Å². The first-order chi connectivity index (χ1) is 8.08. The molecule has 1 aliphatic rings. The third-order valence-electron chi connectivity index (χ3n) is 2.59. The summed E-state index contributed by atoms with van der Waals surface area (Å²) in [6.45, 7) is 1.04. The third kappa shape index (κ3) is 2.63. The Labute approximate surface area is 103 Å². The summed E-state index contributed by atoms with van der Waals surface area (Å²) < 4.78 is 0. The van der Waals surface area contributed by atoms with Crippen LogP contribution in [0.4, 0.5) is 0 Å². The van der Waals surface area contributed by atoms with Crippen LogP contribution in [0.2, 0.25) is 5.15 Å². The largest absolute Gasteiger partial charge is 0.258 e. The monoisotopic (exact) mass is 255 g/mol. The second-order valence-corrected chi connectivity index (χ2v) is 4.09. The Kier molecular flexibility index (Phi) is 3.41. The molecule has 1 aromatic rings. The van der Waals surface area contributed by atoms with Gasteiger partial charge in [-0.3, -0.25) is 4.90 Å². The Balaban J connectivity index is 2.01. The number of halogens is 1. The van der Waals surface area contributed by atoms with Crippen LogP contribution in [0.5, 0.6) is 0 Å². The van der Waals surface area contributed by atoms with E-state index in [2.05, 4.69) is 4.98 Å². The van der Waals surface area contributed by atoms with Crippen molar-refractivity contribution in [2.45, 2.75) is 12.8 Å². The number of hydrogen-bond donors (Lipinski definition) is 0. The lowest BCUT2D eigenvalue weighted by Gasteiger charge is -2.19. The Morgan fingerprint density at radius 2 is 2.35 bits per heavy atom. The molecule has 0 amide bonds. The summed E-state index contributed by atoms with van der Waals surface area (Å²) in [5, 5.41) is 11.2. The average Bonchev–Trinajstić information content (AvgIpc) is 2.64. The van der Waals surface area contributed by atoms with Gasteiger partial charge in [0, 0.05) is 19.3 Å². The van der Waals surface area contributed by atoms with Crippen LogP contribution in [0.1, 0.15) is 5.56 Å². The summed E-state index contributed by atoms with van der Waals surface area (Å²) in [5.41, 5.74) is 10.5. The SMILES string of the molecule is [N]C1N(Cc2ccc(Cl)nc2)CCN1[N+](=O)[O-]. The van der Waals surface area contributed by atoms with E-state index in [1.54, 1.807) is 23.2 Å². The highest BCUT2D eigenvalue weighted by atomic mass is 35.5. The van der Waals surface area contributed by atoms with Gasteiger partial charge in [-0.25, -0.2) is 15.1 Å². The molecule has 1 atom stereocenters. The second-order valence-electron chi connectivity index (χ2n) is 3.71. The Morgan fingerprint density at radius 3 is 2.88 bits per heavy atom. The highest BCUT2D eigenvalue weighted by Crippen LogP contribution is 2.15. The summed E-state index contributed by atoms with van der Waals surface area (Å²) in [4.78, 5) is 16.1. The van der Waals surface area contributed by atoms with Gasteiger partial charge in [0.05, 0.1) is 6.54 Å². The second kappa shape index (κ2) is 4.82. The summed E-state index contributed by atoms with van der Waals surface area (Å²) in [6, 6.07) is 3.42. The Hall–Kier alpha value is -1.44. The lowest BCUT2D eigenvalue weighted by molar-refractivity contribution is -0.662. The van der Waals surface area contributed by atoms with Crippen molar-refractivity contribution in [2.24, 2.45) is 0 Å². The number of aromatic nitrogens is 1. The number of nitrogens with zero attached hydrogens (tertiary/aromatic N) is 5. The van der Waals surface area contributed by atoms with Gasteiger partial charge in [0.2, 0.25) is 6.29 Å². The van der Waals surface area contributed by atoms with Crippen LogP contribution < -0.4 is 5.73 Å². The molecule has 7 nitrogen and oxygen atoms in total. The fraction of sp³-hybridized carbons (Fsp3) is 0.444. The molecule has 1 aromatic heterocycles. The molecule has 2 rings (SSSR count). The maximum atomic E-state index is 10.6. The van der Waals surface area contributed by atoms with Crippen LogP contribution in [0.25, 0.3) is 0 Å². The van der Waals surface area contributed by atoms with E-state index >= 15 is 0 Å². The molecule has 90 valence electrons. The van der Waals surface area contributed by atoms with Crippen molar-refractivity contribution >= 4 is 11.6 Å². The summed E-state index contributed by atoms with van der Waals surface area (Å²) in [5.74, 6) is 0. The molecule has 17 heavy (non-hydrogen) atoms. The molecule has 0 bridgehead atoms. The van der Waals surface area contributed by atoms with Crippen LogP contribution in [0.15, 0.2) is 18.3 Å². The number of pyridine rings is 1. The maximum Gasteiger partial charge on any atom is 0.227 e. The van der Waals surface area contributed by atoms with Crippen molar-refractivity contribution in [1.82, 2.24) is 20.6 Å². The molecule has 8 heteroatoms. The Bertz CT molecular complexity index is 412. The molecule has 1 aliphatic heterocycles. The zero-order chi connectivity index (χ0) is 12.4. The predicted molar refractivity (Wildman–Crippen MR) is 59.3 cm³/mol. The lowest BCUT2D eigenvalue weighted by atomic mass is 10.3. The van der Waals surface area contributed by atoms with Crippen molar-refractivity contribution < 1.29 is 5.03 Å². The van der Waals surface area contributed by atoms with Crippen LogP contribution in [-0.4, -0.2) is 39.3 Å². The zero-order valence-corrected chi connectivity index (χ0v) is 9.62.